The summed E-state index contributed by atoms with van der Waals surface area (Å²) in [7, 11) is -15.4. The van der Waals surface area contributed by atoms with Crippen molar-refractivity contribution >= 4 is 116 Å². The van der Waals surface area contributed by atoms with Crippen molar-refractivity contribution in [3.05, 3.63) is 95.6 Å². The highest BCUT2D eigenvalue weighted by molar-refractivity contribution is 8.01. The summed E-state index contributed by atoms with van der Waals surface area (Å²) >= 11 is 1.82. The lowest BCUT2D eigenvalue weighted by atomic mass is 10.1. The van der Waals surface area contributed by atoms with Gasteiger partial charge in [-0.3, -0.25) is 18.5 Å². The number of hydrogen-bond acceptors (Lipinski definition) is 23. The van der Waals surface area contributed by atoms with Crippen molar-refractivity contribution in [1.29, 1.82) is 0 Å². The molecular formula is C41H32N10O18S5. The fourth-order valence-electron chi connectivity index (χ4n) is 6.58. The molecule has 0 unspecified atom stereocenters. The van der Waals surface area contributed by atoms with Crippen LogP contribution in [0, 0.1) is 6.92 Å². The number of ether oxygens (including phenoxy) is 1. The Bertz CT molecular complexity index is 3830. The van der Waals surface area contributed by atoms with Crippen LogP contribution in [0.4, 0.5) is 33.6 Å². The Labute approximate surface area is 423 Å². The topological polar surface area (TPSA) is 442 Å². The van der Waals surface area contributed by atoms with Crippen LogP contribution in [-0.4, -0.2) is 120 Å². The fraction of sp³-hybridized carbons (Fsp3) is 0.122. The number of benzene rings is 5. The Kier molecular flexibility index (Phi) is 15.6. The second kappa shape index (κ2) is 21.5. The van der Waals surface area contributed by atoms with Crippen LogP contribution in [0.15, 0.2) is 124 Å². The van der Waals surface area contributed by atoms with Crippen molar-refractivity contribution in [3.8, 4) is 34.3 Å². The number of rotatable bonds is 20. The first-order valence-corrected chi connectivity index (χ1v) is 26.5. The monoisotopic (exact) mass is 1110 g/mol. The van der Waals surface area contributed by atoms with Gasteiger partial charge in [-0.15, -0.1) is 40.9 Å². The average Bonchev–Trinajstić information content (AvgIpc) is 3.93. The molecule has 0 spiro atoms. The number of fused-ring (bicyclic) bond motifs is 1. The Morgan fingerprint density at radius 1 is 0.716 bits per heavy atom. The summed E-state index contributed by atoms with van der Waals surface area (Å²) in [5.74, 6) is -7.36. The van der Waals surface area contributed by atoms with Gasteiger partial charge in [0.05, 0.1) is 40.6 Å². The third kappa shape index (κ3) is 12.5. The van der Waals surface area contributed by atoms with Crippen molar-refractivity contribution in [2.75, 3.05) is 18.1 Å². The van der Waals surface area contributed by atoms with Crippen LogP contribution in [0.1, 0.15) is 32.7 Å². The maximum Gasteiger partial charge on any atom is 0.335 e. The molecule has 0 saturated heterocycles. The zero-order valence-corrected chi connectivity index (χ0v) is 41.1. The highest BCUT2D eigenvalue weighted by atomic mass is 32.2. The van der Waals surface area contributed by atoms with Crippen LogP contribution in [0.3, 0.4) is 0 Å². The van der Waals surface area contributed by atoms with Gasteiger partial charge in [0.2, 0.25) is 5.88 Å². The van der Waals surface area contributed by atoms with Gasteiger partial charge >= 0.3 is 17.9 Å². The van der Waals surface area contributed by atoms with E-state index < -0.39 is 114 Å². The molecule has 384 valence electrons. The number of thioether (sulfide) groups is 1. The standard InChI is InChI=1S/C41H32N10O18S5/c1-19-12-28(29(69-10-5-11-72(60,61)62)17-27(19)43-47-40-48-49-41(71-40)70-18-31(52)53)44-45-33-30(73(63,64)65)16-25-24(35(33)54)8-9-26(36(25)74(66,67)68)42-46-34-32(20-6-3-2-4-7-20)50-51(37(34)55)23-14-21(38(56)57)13-22(15-23)39(58)59/h2-4,6-9,12-17,54-55H,5,10-11,18H2,1H3,(H,52,53)(H,56,57)(H,58,59)(H,60,61,62)(H,63,64,65)(H,66,67,68). The van der Waals surface area contributed by atoms with Crippen LogP contribution >= 0.6 is 23.1 Å². The first-order valence-electron chi connectivity index (χ1n) is 20.2. The van der Waals surface area contributed by atoms with Crippen LogP contribution < -0.4 is 4.74 Å². The molecule has 0 atom stereocenters. The second-order valence-electron chi connectivity index (χ2n) is 14.9. The van der Waals surface area contributed by atoms with Crippen molar-refractivity contribution < 1.29 is 83.6 Å². The van der Waals surface area contributed by atoms with Gasteiger partial charge in [-0.25, -0.2) is 9.59 Å². The lowest BCUT2D eigenvalue weighted by Gasteiger charge is -2.13. The Morgan fingerprint density at radius 2 is 1.36 bits per heavy atom. The number of nitrogens with zero attached hydrogens (tertiary/aromatic N) is 10. The molecule has 7 rings (SSSR count). The summed E-state index contributed by atoms with van der Waals surface area (Å²) < 4.78 is 112. The number of aryl methyl sites for hydroxylation is 1. The summed E-state index contributed by atoms with van der Waals surface area (Å²) in [5.41, 5.74) is -3.27. The molecule has 0 bridgehead atoms. The van der Waals surface area contributed by atoms with Gasteiger partial charge in [-0.05, 0) is 61.4 Å². The number of aliphatic carboxylic acids is 1. The summed E-state index contributed by atoms with van der Waals surface area (Å²) in [6.07, 6.45) is -0.255. The molecule has 0 fully saturated rings. The zero-order valence-electron chi connectivity index (χ0n) is 37.0. The van der Waals surface area contributed by atoms with E-state index in [1.807, 2.05) is 0 Å². The van der Waals surface area contributed by atoms with Crippen molar-refractivity contribution in [2.45, 2.75) is 27.5 Å². The van der Waals surface area contributed by atoms with E-state index in [-0.39, 0.29) is 62.3 Å². The molecule has 0 saturated carbocycles. The molecule has 74 heavy (non-hydrogen) atoms. The molecule has 7 aromatic rings. The van der Waals surface area contributed by atoms with E-state index in [4.69, 9.17) is 9.84 Å². The first kappa shape index (κ1) is 53.6. The maximum absolute atomic E-state index is 13.2. The van der Waals surface area contributed by atoms with E-state index in [9.17, 15) is 73.7 Å². The summed E-state index contributed by atoms with van der Waals surface area (Å²) in [4.78, 5) is 32.2. The van der Waals surface area contributed by atoms with Crippen molar-refractivity contribution in [2.24, 2.45) is 30.7 Å². The minimum Gasteiger partial charge on any atom is -0.505 e. The maximum atomic E-state index is 13.2. The predicted molar refractivity (Wildman–Crippen MR) is 258 cm³/mol. The van der Waals surface area contributed by atoms with E-state index in [0.29, 0.717) is 11.6 Å². The Morgan fingerprint density at radius 3 is 1.99 bits per heavy atom. The number of aromatic carboxylic acids is 2. The largest absolute Gasteiger partial charge is 0.505 e. The molecule has 33 heteroatoms. The molecule has 8 N–H and O–H groups in total. The summed E-state index contributed by atoms with van der Waals surface area (Å²) in [6.45, 7) is 1.14. The van der Waals surface area contributed by atoms with Gasteiger partial charge in [0, 0.05) is 22.4 Å². The molecule has 2 heterocycles. The molecule has 28 nitrogen and oxygen atoms in total. The average molecular weight is 1110 g/mol. The van der Waals surface area contributed by atoms with Crippen LogP contribution in [0.5, 0.6) is 17.4 Å². The fourth-order valence-corrected chi connectivity index (χ4v) is 9.92. The molecule has 0 aliphatic carbocycles. The number of phenols is 1. The lowest BCUT2D eigenvalue weighted by Crippen LogP contribution is -2.08. The third-order valence-electron chi connectivity index (χ3n) is 9.79. The molecule has 0 aliphatic heterocycles. The highest BCUT2D eigenvalue weighted by Gasteiger charge is 2.29. The number of hydrogen-bond donors (Lipinski definition) is 8. The van der Waals surface area contributed by atoms with E-state index >= 15 is 0 Å². The van der Waals surface area contributed by atoms with Gasteiger partial charge in [-0.2, -0.15) is 35.0 Å². The first-order chi connectivity index (χ1) is 34.8. The van der Waals surface area contributed by atoms with Gasteiger partial charge in [0.1, 0.15) is 38.3 Å². The Hall–Kier alpha value is -8.18. The van der Waals surface area contributed by atoms with E-state index in [1.165, 1.54) is 31.2 Å². The summed E-state index contributed by atoms with van der Waals surface area (Å²) in [6, 6.07) is 15.6. The second-order valence-corrected chi connectivity index (χ2v) is 21.4. The van der Waals surface area contributed by atoms with Crippen LogP contribution in [-0.2, 0) is 35.1 Å². The molecule has 5 aromatic carbocycles. The normalized spacial score (nSPS) is 12.4. The molecular weight excluding hydrogens is 1080 g/mol. The molecule has 0 radical (unpaired) electrons. The lowest BCUT2D eigenvalue weighted by molar-refractivity contribution is -0.133. The molecule has 2 aromatic heterocycles. The van der Waals surface area contributed by atoms with Crippen molar-refractivity contribution in [3.63, 3.8) is 0 Å². The van der Waals surface area contributed by atoms with Crippen LogP contribution in [0.25, 0.3) is 27.7 Å². The highest BCUT2D eigenvalue weighted by Crippen LogP contribution is 2.47. The predicted octanol–water partition coefficient (Wildman–Crippen LogP) is 8.23. The number of phenolic OH excluding ortho intramolecular Hbond substituents is 1. The molecule has 0 aliphatic rings. The Balaban J connectivity index is 1.33. The SMILES string of the molecule is Cc1cc(N=Nc2c(S(=O)(=O)O)cc3c(S(=O)(=O)O)c(N=Nc4c(-c5ccccc5)nn(-c5cc(C(=O)O)cc(C(=O)O)c5)c4O)ccc3c2O)c(OCCCS(=O)(=O)O)cc1N=Nc1nnc(SCC(=O)O)s1. The summed E-state index contributed by atoms with van der Waals surface area (Å²) in [5, 5.41) is 85.9. The van der Waals surface area contributed by atoms with E-state index in [2.05, 4.69) is 46.0 Å². The van der Waals surface area contributed by atoms with Gasteiger partial charge in [-0.1, -0.05) is 53.4 Å². The van der Waals surface area contributed by atoms with E-state index in [0.717, 1.165) is 58.1 Å². The third-order valence-corrected chi connectivity index (χ3v) is 14.3. The number of carboxylic acids is 3. The van der Waals surface area contributed by atoms with E-state index in [1.54, 1.807) is 18.2 Å². The quantitative estimate of drug-likeness (QED) is 0.0154. The van der Waals surface area contributed by atoms with Gasteiger partial charge < -0.3 is 30.3 Å². The number of aromatic nitrogens is 4. The zero-order chi connectivity index (χ0) is 53.9. The minimum absolute atomic E-state index is 0.0267. The number of carbonyl (C=O) groups is 3. The minimum atomic E-state index is -5.52. The van der Waals surface area contributed by atoms with Gasteiger partial charge in [0.25, 0.3) is 35.5 Å². The van der Waals surface area contributed by atoms with Gasteiger partial charge in [0.15, 0.2) is 15.8 Å². The number of azo groups is 3. The number of aromatic hydroxyl groups is 2. The van der Waals surface area contributed by atoms with Crippen molar-refractivity contribution in [1.82, 2.24) is 20.0 Å². The number of carboxylic acid groups (broad SMARTS) is 3. The smallest absolute Gasteiger partial charge is 0.335 e. The van der Waals surface area contributed by atoms with Crippen LogP contribution in [0.2, 0.25) is 0 Å². The molecule has 0 amide bonds.